The molecule has 1 saturated heterocycles. The van der Waals surface area contributed by atoms with E-state index in [1.54, 1.807) is 23.1 Å². The highest BCUT2D eigenvalue weighted by Crippen LogP contribution is 2.27. The molecule has 1 amide bonds. The third kappa shape index (κ3) is 3.76. The molecule has 1 aliphatic heterocycles. The molecular weight excluding hydrogens is 346 g/mol. The van der Waals surface area contributed by atoms with E-state index in [2.05, 4.69) is 9.97 Å². The molecule has 1 atom stereocenters. The Morgan fingerprint density at radius 3 is 2.68 bits per heavy atom. The van der Waals surface area contributed by atoms with Crippen LogP contribution in [-0.2, 0) is 0 Å². The lowest BCUT2D eigenvalue weighted by Crippen LogP contribution is -2.31. The van der Waals surface area contributed by atoms with E-state index in [1.165, 1.54) is 26.6 Å². The molecule has 25 heavy (non-hydrogen) atoms. The molecule has 0 unspecified atom stereocenters. The molecule has 2 heterocycles. The number of ether oxygens (including phenoxy) is 3. The minimum atomic E-state index is -0.181. The van der Waals surface area contributed by atoms with Crippen molar-refractivity contribution in [3.63, 3.8) is 0 Å². The van der Waals surface area contributed by atoms with Crippen LogP contribution in [0.4, 0.5) is 0 Å². The van der Waals surface area contributed by atoms with Crippen molar-refractivity contribution in [3.05, 3.63) is 41.2 Å². The van der Waals surface area contributed by atoms with E-state index < -0.39 is 0 Å². The summed E-state index contributed by atoms with van der Waals surface area (Å²) in [7, 11) is 3.03. The third-order valence-corrected chi connectivity index (χ3v) is 4.16. The second kappa shape index (κ2) is 7.57. The van der Waals surface area contributed by atoms with Crippen molar-refractivity contribution in [1.29, 1.82) is 0 Å². The number of hydrogen-bond acceptors (Lipinski definition) is 6. The third-order valence-electron chi connectivity index (χ3n) is 3.93. The van der Waals surface area contributed by atoms with Crippen molar-refractivity contribution < 1.29 is 19.0 Å². The molecule has 1 aliphatic rings. The highest BCUT2D eigenvalue weighted by molar-refractivity contribution is 6.31. The van der Waals surface area contributed by atoms with Crippen LogP contribution in [0.1, 0.15) is 16.8 Å². The molecule has 0 aliphatic carbocycles. The zero-order valence-corrected chi connectivity index (χ0v) is 14.7. The minimum absolute atomic E-state index is 0.142. The van der Waals surface area contributed by atoms with Crippen LogP contribution in [-0.4, -0.2) is 54.2 Å². The van der Waals surface area contributed by atoms with Crippen LogP contribution >= 0.6 is 11.6 Å². The second-order valence-corrected chi connectivity index (χ2v) is 5.93. The maximum Gasteiger partial charge on any atom is 0.278 e. The van der Waals surface area contributed by atoms with Crippen molar-refractivity contribution in [1.82, 2.24) is 14.9 Å². The van der Waals surface area contributed by atoms with Gasteiger partial charge in [0.1, 0.15) is 11.9 Å². The van der Waals surface area contributed by atoms with Crippen LogP contribution in [0, 0.1) is 0 Å². The molecule has 3 rings (SSSR count). The van der Waals surface area contributed by atoms with Crippen LogP contribution in [0.3, 0.4) is 0 Å². The summed E-state index contributed by atoms with van der Waals surface area (Å²) in [5, 5.41) is 0.487. The van der Waals surface area contributed by atoms with E-state index >= 15 is 0 Å². The zero-order chi connectivity index (χ0) is 17.8. The number of amides is 1. The number of hydrogen-bond donors (Lipinski definition) is 0. The highest BCUT2D eigenvalue weighted by atomic mass is 35.5. The Morgan fingerprint density at radius 1 is 1.20 bits per heavy atom. The van der Waals surface area contributed by atoms with E-state index in [9.17, 15) is 4.79 Å². The summed E-state index contributed by atoms with van der Waals surface area (Å²) in [5.41, 5.74) is 0.438. The Morgan fingerprint density at radius 2 is 1.96 bits per heavy atom. The smallest absolute Gasteiger partial charge is 0.278 e. The monoisotopic (exact) mass is 363 g/mol. The van der Waals surface area contributed by atoms with Gasteiger partial charge in [-0.25, -0.2) is 9.97 Å². The summed E-state index contributed by atoms with van der Waals surface area (Å²) >= 11 is 6.01. The fourth-order valence-corrected chi connectivity index (χ4v) is 2.89. The lowest BCUT2D eigenvalue weighted by molar-refractivity contribution is 0.0767. The summed E-state index contributed by atoms with van der Waals surface area (Å²) in [4.78, 5) is 22.7. The number of rotatable bonds is 5. The predicted molar refractivity (Wildman–Crippen MR) is 91.5 cm³/mol. The van der Waals surface area contributed by atoms with Crippen LogP contribution in [0.15, 0.2) is 30.6 Å². The van der Waals surface area contributed by atoms with Crippen LogP contribution in [0.25, 0.3) is 0 Å². The maximum absolute atomic E-state index is 12.8. The zero-order valence-electron chi connectivity index (χ0n) is 13.9. The van der Waals surface area contributed by atoms with Crippen molar-refractivity contribution in [2.75, 3.05) is 27.3 Å². The quantitative estimate of drug-likeness (QED) is 0.812. The molecule has 0 bridgehead atoms. The molecule has 0 N–H and O–H groups in total. The fourth-order valence-electron chi connectivity index (χ4n) is 2.72. The average molecular weight is 364 g/mol. The van der Waals surface area contributed by atoms with Gasteiger partial charge in [0.25, 0.3) is 17.7 Å². The number of aromatic nitrogens is 2. The van der Waals surface area contributed by atoms with Crippen molar-refractivity contribution >= 4 is 17.5 Å². The fraction of sp³-hybridized carbons (Fsp3) is 0.353. The van der Waals surface area contributed by atoms with E-state index in [-0.39, 0.29) is 12.0 Å². The van der Waals surface area contributed by atoms with Gasteiger partial charge in [-0.05, 0) is 18.2 Å². The van der Waals surface area contributed by atoms with Gasteiger partial charge in [0.2, 0.25) is 0 Å². The molecule has 1 aromatic heterocycles. The van der Waals surface area contributed by atoms with Gasteiger partial charge < -0.3 is 19.1 Å². The van der Waals surface area contributed by atoms with Gasteiger partial charge >= 0.3 is 0 Å². The molecule has 0 radical (unpaired) electrons. The van der Waals surface area contributed by atoms with E-state index in [1.807, 2.05) is 0 Å². The number of carbonyl (C=O) groups excluding carboxylic acids is 1. The lowest BCUT2D eigenvalue weighted by Gasteiger charge is -2.18. The van der Waals surface area contributed by atoms with Gasteiger partial charge in [0.15, 0.2) is 0 Å². The largest absolute Gasteiger partial charge is 0.496 e. The first kappa shape index (κ1) is 17.3. The topological polar surface area (TPSA) is 73.8 Å². The summed E-state index contributed by atoms with van der Waals surface area (Å²) in [5.74, 6) is 0.999. The van der Waals surface area contributed by atoms with Crippen molar-refractivity contribution in [2.24, 2.45) is 0 Å². The number of halogens is 1. The first-order valence-electron chi connectivity index (χ1n) is 7.77. The number of carbonyl (C=O) groups is 1. The number of likely N-dealkylation sites (tertiary alicyclic amines) is 1. The molecule has 1 fully saturated rings. The molecule has 0 saturated carbocycles. The molecule has 0 spiro atoms. The Bertz CT molecular complexity index is 771. The summed E-state index contributed by atoms with van der Waals surface area (Å²) in [6.07, 6.45) is 3.57. The second-order valence-electron chi connectivity index (χ2n) is 5.50. The lowest BCUT2D eigenvalue weighted by atomic mass is 10.1. The van der Waals surface area contributed by atoms with Gasteiger partial charge in [-0.1, -0.05) is 11.6 Å². The van der Waals surface area contributed by atoms with Crippen molar-refractivity contribution in [3.8, 4) is 17.5 Å². The van der Waals surface area contributed by atoms with Crippen molar-refractivity contribution in [2.45, 2.75) is 12.5 Å². The molecule has 8 heteroatoms. The maximum atomic E-state index is 12.8. The standard InChI is InChI=1S/C17H18ClN3O4/c1-23-14-4-3-11(18)9-13(14)17(22)21-8-5-12(10-21)25-16-15(24-2)19-6-7-20-16/h3-4,6-7,9,12H,5,8,10H2,1-2H3/t12-/m1/s1. The van der Waals surface area contributed by atoms with Gasteiger partial charge in [-0.15, -0.1) is 0 Å². The van der Waals surface area contributed by atoms with E-state index in [0.29, 0.717) is 47.6 Å². The van der Waals surface area contributed by atoms with E-state index in [0.717, 1.165) is 0 Å². The molecular formula is C17H18ClN3O4. The Balaban J connectivity index is 1.70. The summed E-state index contributed by atoms with van der Waals surface area (Å²) < 4.78 is 16.2. The van der Waals surface area contributed by atoms with Crippen LogP contribution < -0.4 is 14.2 Å². The molecule has 7 nitrogen and oxygen atoms in total. The predicted octanol–water partition coefficient (Wildman–Crippen LogP) is 2.44. The highest BCUT2D eigenvalue weighted by Gasteiger charge is 2.30. The summed E-state index contributed by atoms with van der Waals surface area (Å²) in [6.45, 7) is 1.01. The Hall–Kier alpha value is -2.54. The Kier molecular flexibility index (Phi) is 5.23. The average Bonchev–Trinajstić information content (AvgIpc) is 3.10. The van der Waals surface area contributed by atoms with Gasteiger partial charge in [-0.3, -0.25) is 4.79 Å². The van der Waals surface area contributed by atoms with Gasteiger partial charge in [-0.2, -0.15) is 0 Å². The normalized spacial score (nSPS) is 16.6. The summed E-state index contributed by atoms with van der Waals surface area (Å²) in [6, 6.07) is 4.99. The number of nitrogens with zero attached hydrogens (tertiary/aromatic N) is 3. The first-order chi connectivity index (χ1) is 12.1. The van der Waals surface area contributed by atoms with Gasteiger partial charge in [0, 0.05) is 30.4 Å². The van der Waals surface area contributed by atoms with Crippen LogP contribution in [0.5, 0.6) is 17.5 Å². The first-order valence-corrected chi connectivity index (χ1v) is 8.14. The molecule has 132 valence electrons. The van der Waals surface area contributed by atoms with Crippen LogP contribution in [0.2, 0.25) is 5.02 Å². The molecule has 1 aromatic carbocycles. The SMILES string of the molecule is COc1ccc(Cl)cc1C(=O)N1CC[C@@H](Oc2nccnc2OC)C1. The molecule has 2 aromatic rings. The van der Waals surface area contributed by atoms with E-state index in [4.69, 9.17) is 25.8 Å². The van der Waals surface area contributed by atoms with Gasteiger partial charge in [0.05, 0.1) is 26.3 Å². The Labute approximate surface area is 150 Å². The minimum Gasteiger partial charge on any atom is -0.496 e. The number of benzene rings is 1. The number of methoxy groups -OCH3 is 2.